The summed E-state index contributed by atoms with van der Waals surface area (Å²) in [6.07, 6.45) is 5.01. The molecule has 0 saturated carbocycles. The average molecular weight is 267 g/mol. The van der Waals surface area contributed by atoms with Crippen molar-refractivity contribution in [3.63, 3.8) is 0 Å². The van der Waals surface area contributed by atoms with Crippen molar-refractivity contribution in [2.45, 2.75) is 0 Å². The summed E-state index contributed by atoms with van der Waals surface area (Å²) < 4.78 is 0. The van der Waals surface area contributed by atoms with Gasteiger partial charge < -0.3 is 10.4 Å². The molecule has 94 valence electrons. The Morgan fingerprint density at radius 3 is 2.78 bits per heavy atom. The molecule has 0 fully saturated rings. The lowest BCUT2D eigenvalue weighted by Gasteiger charge is -2.09. The third-order valence-electron chi connectivity index (χ3n) is 2.01. The molecule has 0 unspecified atom stereocenters. The molecule has 0 aliphatic heterocycles. The van der Waals surface area contributed by atoms with Crippen LogP contribution in [0, 0.1) is 12.3 Å². The number of rotatable bonds is 5. The van der Waals surface area contributed by atoms with Crippen LogP contribution in [0.3, 0.4) is 0 Å². The fraction of sp³-hybridized carbons (Fsp3) is 0.167. The minimum absolute atomic E-state index is 0.00419. The molecule has 18 heavy (non-hydrogen) atoms. The third-order valence-corrected chi connectivity index (χ3v) is 2.33. The predicted octanol–water partition coefficient (Wildman–Crippen LogP) is 1.20. The van der Waals surface area contributed by atoms with E-state index in [1.165, 1.54) is 12.1 Å². The first-order valence-corrected chi connectivity index (χ1v) is 5.40. The Bertz CT molecular complexity index is 509. The van der Waals surface area contributed by atoms with Gasteiger partial charge in [0.25, 0.3) is 0 Å². The van der Waals surface area contributed by atoms with Gasteiger partial charge in [-0.1, -0.05) is 23.6 Å². The first kappa shape index (κ1) is 14.0. The van der Waals surface area contributed by atoms with Gasteiger partial charge in [0.1, 0.15) is 5.56 Å². The van der Waals surface area contributed by atoms with Gasteiger partial charge in [0.05, 0.1) is 23.8 Å². The lowest BCUT2D eigenvalue weighted by atomic mass is 10.2. The second-order valence-corrected chi connectivity index (χ2v) is 3.73. The molecule has 1 amide bonds. The number of terminal acetylenes is 1. The van der Waals surface area contributed by atoms with Crippen LogP contribution in [0.25, 0.3) is 0 Å². The van der Waals surface area contributed by atoms with Crippen LogP contribution in [-0.4, -0.2) is 30.1 Å². The van der Waals surface area contributed by atoms with E-state index in [2.05, 4.69) is 16.6 Å². The maximum absolute atomic E-state index is 11.5. The lowest BCUT2D eigenvalue weighted by Crippen LogP contribution is -2.28. The van der Waals surface area contributed by atoms with Crippen molar-refractivity contribution in [1.29, 1.82) is 0 Å². The monoisotopic (exact) mass is 266 g/mol. The maximum atomic E-state index is 11.5. The zero-order valence-electron chi connectivity index (χ0n) is 9.37. The number of nitrogens with one attached hydrogen (secondary N) is 2. The van der Waals surface area contributed by atoms with Crippen molar-refractivity contribution in [2.24, 2.45) is 0 Å². The molecule has 0 heterocycles. The van der Waals surface area contributed by atoms with Gasteiger partial charge in [-0.3, -0.25) is 10.1 Å². The van der Waals surface area contributed by atoms with Crippen molar-refractivity contribution in [3.05, 3.63) is 28.8 Å². The molecule has 0 atom stereocenters. The summed E-state index contributed by atoms with van der Waals surface area (Å²) in [5.41, 5.74) is 0.0203. The van der Waals surface area contributed by atoms with Crippen LogP contribution in [0.5, 0.6) is 0 Å². The molecule has 3 N–H and O–H groups in total. The smallest absolute Gasteiger partial charge is 0.339 e. The van der Waals surface area contributed by atoms with Crippen LogP contribution in [0.4, 0.5) is 5.69 Å². The van der Waals surface area contributed by atoms with E-state index in [-0.39, 0.29) is 29.4 Å². The zero-order chi connectivity index (χ0) is 13.5. The number of carboxylic acid groups (broad SMARTS) is 1. The van der Waals surface area contributed by atoms with E-state index in [4.69, 9.17) is 23.1 Å². The van der Waals surface area contributed by atoms with Gasteiger partial charge in [-0.15, -0.1) is 6.42 Å². The van der Waals surface area contributed by atoms with Crippen molar-refractivity contribution >= 4 is 29.2 Å². The summed E-state index contributed by atoms with van der Waals surface area (Å²) in [5, 5.41) is 14.2. The number of halogens is 1. The zero-order valence-corrected chi connectivity index (χ0v) is 10.1. The Hall–Kier alpha value is -2.03. The molecular weight excluding hydrogens is 256 g/mol. The number of amides is 1. The van der Waals surface area contributed by atoms with Crippen molar-refractivity contribution in [1.82, 2.24) is 5.32 Å². The van der Waals surface area contributed by atoms with Gasteiger partial charge in [-0.2, -0.15) is 0 Å². The van der Waals surface area contributed by atoms with E-state index in [0.717, 1.165) is 0 Å². The SMILES string of the molecule is C#CCNCC(=O)Nc1cccc(Cl)c1C(=O)O. The summed E-state index contributed by atoms with van der Waals surface area (Å²) in [6, 6.07) is 4.46. The van der Waals surface area contributed by atoms with Gasteiger partial charge in [0, 0.05) is 0 Å². The summed E-state index contributed by atoms with van der Waals surface area (Å²) >= 11 is 5.76. The van der Waals surface area contributed by atoms with E-state index in [9.17, 15) is 9.59 Å². The van der Waals surface area contributed by atoms with E-state index in [0.29, 0.717) is 0 Å². The first-order chi connectivity index (χ1) is 8.56. The number of hydrogen-bond acceptors (Lipinski definition) is 3. The van der Waals surface area contributed by atoms with Gasteiger partial charge in [0.15, 0.2) is 0 Å². The molecule has 0 spiro atoms. The highest BCUT2D eigenvalue weighted by atomic mass is 35.5. The fourth-order valence-electron chi connectivity index (χ4n) is 1.29. The number of benzene rings is 1. The summed E-state index contributed by atoms with van der Waals surface area (Å²) in [5.74, 6) is 0.724. The number of hydrogen-bond donors (Lipinski definition) is 3. The number of carbonyl (C=O) groups is 2. The molecule has 5 nitrogen and oxygen atoms in total. The van der Waals surface area contributed by atoms with Crippen molar-refractivity contribution in [3.8, 4) is 12.3 Å². The third kappa shape index (κ3) is 3.77. The Labute approximate surface area is 109 Å². The molecule has 0 aliphatic rings. The number of aromatic carboxylic acids is 1. The number of carboxylic acids is 1. The largest absolute Gasteiger partial charge is 0.478 e. The van der Waals surface area contributed by atoms with Crippen LogP contribution >= 0.6 is 11.6 Å². The highest BCUT2D eigenvalue weighted by Crippen LogP contribution is 2.24. The summed E-state index contributed by atoms with van der Waals surface area (Å²) in [4.78, 5) is 22.5. The standard InChI is InChI=1S/C12H11ClN2O3/c1-2-6-14-7-10(16)15-9-5-3-4-8(13)11(9)12(17)18/h1,3-5,14H,6-7H2,(H,15,16)(H,17,18). The van der Waals surface area contributed by atoms with Gasteiger partial charge >= 0.3 is 5.97 Å². The Morgan fingerprint density at radius 1 is 1.44 bits per heavy atom. The van der Waals surface area contributed by atoms with Gasteiger partial charge in [0.2, 0.25) is 5.91 Å². The molecule has 0 aromatic heterocycles. The second-order valence-electron chi connectivity index (χ2n) is 3.32. The van der Waals surface area contributed by atoms with Gasteiger partial charge in [-0.25, -0.2) is 4.79 Å². The Morgan fingerprint density at radius 2 is 2.17 bits per heavy atom. The summed E-state index contributed by atoms with van der Waals surface area (Å²) in [7, 11) is 0. The number of carbonyl (C=O) groups excluding carboxylic acids is 1. The van der Waals surface area contributed by atoms with Crippen LogP contribution in [0.15, 0.2) is 18.2 Å². The molecule has 0 aliphatic carbocycles. The van der Waals surface area contributed by atoms with Crippen LogP contribution in [-0.2, 0) is 4.79 Å². The van der Waals surface area contributed by atoms with Crippen LogP contribution < -0.4 is 10.6 Å². The van der Waals surface area contributed by atoms with Crippen molar-refractivity contribution in [2.75, 3.05) is 18.4 Å². The minimum Gasteiger partial charge on any atom is -0.478 e. The quantitative estimate of drug-likeness (QED) is 0.553. The normalized spacial score (nSPS) is 9.56. The number of anilines is 1. The van der Waals surface area contributed by atoms with Crippen molar-refractivity contribution < 1.29 is 14.7 Å². The van der Waals surface area contributed by atoms with E-state index >= 15 is 0 Å². The molecule has 0 bridgehead atoms. The Balaban J connectivity index is 2.79. The lowest BCUT2D eigenvalue weighted by molar-refractivity contribution is -0.115. The molecule has 0 radical (unpaired) electrons. The highest BCUT2D eigenvalue weighted by molar-refractivity contribution is 6.34. The average Bonchev–Trinajstić information content (AvgIpc) is 2.28. The molecule has 1 aromatic carbocycles. The molecule has 1 aromatic rings. The van der Waals surface area contributed by atoms with Crippen LogP contribution in [0.1, 0.15) is 10.4 Å². The minimum atomic E-state index is -1.20. The molecule has 1 rings (SSSR count). The molecule has 0 saturated heterocycles. The predicted molar refractivity (Wildman–Crippen MR) is 68.7 cm³/mol. The van der Waals surface area contributed by atoms with E-state index in [1.807, 2.05) is 0 Å². The van der Waals surface area contributed by atoms with Crippen LogP contribution in [0.2, 0.25) is 5.02 Å². The van der Waals surface area contributed by atoms with E-state index < -0.39 is 11.9 Å². The van der Waals surface area contributed by atoms with Gasteiger partial charge in [-0.05, 0) is 12.1 Å². The second kappa shape index (κ2) is 6.64. The maximum Gasteiger partial charge on any atom is 0.339 e. The first-order valence-electron chi connectivity index (χ1n) is 5.02. The highest BCUT2D eigenvalue weighted by Gasteiger charge is 2.15. The topological polar surface area (TPSA) is 78.4 Å². The molecular formula is C12H11ClN2O3. The summed E-state index contributed by atoms with van der Waals surface area (Å²) in [6.45, 7) is 0.254. The van der Waals surface area contributed by atoms with E-state index in [1.54, 1.807) is 6.07 Å². The molecule has 6 heteroatoms. The Kier molecular flexibility index (Phi) is 5.18. The fourth-order valence-corrected chi connectivity index (χ4v) is 1.54.